The highest BCUT2D eigenvalue weighted by molar-refractivity contribution is 7.90. The first-order valence-electron chi connectivity index (χ1n) is 8.51. The first kappa shape index (κ1) is 22.5. The standard InChI is InChI=1S/C19H23ClFN3O3S/c1-12-6-7-13(10-14(12)21)19(11-15(25)27-5,24-28(26)18(2,3)4)16-17(20)23-9-8-22-16/h6-10,24H,11H2,1-5H3/t19-,28+/m0/s1. The first-order chi connectivity index (χ1) is 13.0. The van der Waals surface area contributed by atoms with Gasteiger partial charge >= 0.3 is 5.97 Å². The third kappa shape index (κ3) is 4.81. The second-order valence-electron chi connectivity index (χ2n) is 7.30. The van der Waals surface area contributed by atoms with Gasteiger partial charge in [0.1, 0.15) is 21.8 Å². The Morgan fingerprint density at radius 2 is 1.96 bits per heavy atom. The van der Waals surface area contributed by atoms with E-state index >= 15 is 0 Å². The normalized spacial score (nSPS) is 15.0. The molecule has 1 aromatic carbocycles. The van der Waals surface area contributed by atoms with Gasteiger partial charge in [0.05, 0.1) is 13.5 Å². The lowest BCUT2D eigenvalue weighted by atomic mass is 9.84. The summed E-state index contributed by atoms with van der Waals surface area (Å²) in [4.78, 5) is 20.6. The number of rotatable bonds is 6. The summed E-state index contributed by atoms with van der Waals surface area (Å²) in [7, 11) is 1.24. The topological polar surface area (TPSA) is 87.2 Å². The van der Waals surface area contributed by atoms with Gasteiger partial charge in [-0.2, -0.15) is 0 Å². The summed E-state index contributed by atoms with van der Waals surface area (Å²) in [6.45, 7) is 6.93. The van der Waals surface area contributed by atoms with Crippen LogP contribution >= 0.6 is 11.6 Å². The molecular weight excluding hydrogens is 405 g/mol. The average Bonchev–Trinajstić information content (AvgIpc) is 2.62. The zero-order chi connectivity index (χ0) is 21.1. The van der Waals surface area contributed by atoms with Gasteiger partial charge in [0, 0.05) is 23.8 Å². The van der Waals surface area contributed by atoms with E-state index in [-0.39, 0.29) is 17.3 Å². The van der Waals surface area contributed by atoms with Crippen LogP contribution in [0.5, 0.6) is 0 Å². The maximum atomic E-state index is 14.4. The van der Waals surface area contributed by atoms with Crippen LogP contribution in [0.25, 0.3) is 0 Å². The number of hydrogen-bond donors (Lipinski definition) is 1. The number of benzene rings is 1. The molecule has 9 heteroatoms. The van der Waals surface area contributed by atoms with Crippen LogP contribution < -0.4 is 4.72 Å². The fraction of sp³-hybridized carbons (Fsp3) is 0.421. The lowest BCUT2D eigenvalue weighted by Gasteiger charge is -2.37. The molecular formula is C19H23ClFN3O3S. The summed E-state index contributed by atoms with van der Waals surface area (Å²) >= 11 is 4.64. The van der Waals surface area contributed by atoms with Gasteiger partial charge in [-0.15, -0.1) is 4.72 Å². The first-order valence-corrected chi connectivity index (χ1v) is 10.0. The van der Waals surface area contributed by atoms with Crippen molar-refractivity contribution in [2.75, 3.05) is 7.11 Å². The van der Waals surface area contributed by atoms with Gasteiger partial charge in [-0.3, -0.25) is 9.78 Å². The van der Waals surface area contributed by atoms with E-state index in [1.165, 1.54) is 25.6 Å². The minimum Gasteiger partial charge on any atom is -0.598 e. The summed E-state index contributed by atoms with van der Waals surface area (Å²) in [6.07, 6.45) is 2.48. The van der Waals surface area contributed by atoms with Crippen LogP contribution in [0.15, 0.2) is 30.6 Å². The van der Waals surface area contributed by atoms with Crippen LogP contribution in [-0.2, 0) is 26.4 Å². The van der Waals surface area contributed by atoms with Crippen LogP contribution in [0.3, 0.4) is 0 Å². The molecule has 28 heavy (non-hydrogen) atoms. The molecule has 0 bridgehead atoms. The molecule has 0 radical (unpaired) electrons. The van der Waals surface area contributed by atoms with Gasteiger partial charge in [0.25, 0.3) is 0 Å². The molecule has 0 saturated heterocycles. The van der Waals surface area contributed by atoms with E-state index < -0.39 is 33.4 Å². The molecule has 0 aliphatic rings. The smallest absolute Gasteiger partial charge is 0.308 e. The Balaban J connectivity index is 2.79. The summed E-state index contributed by atoms with van der Waals surface area (Å²) < 4.78 is 34.6. The Kier molecular flexibility index (Phi) is 7.03. The van der Waals surface area contributed by atoms with Crippen LogP contribution in [0.4, 0.5) is 4.39 Å². The number of carbonyl (C=O) groups is 1. The third-order valence-electron chi connectivity index (χ3n) is 4.18. The molecule has 0 aliphatic carbocycles. The van der Waals surface area contributed by atoms with Gasteiger partial charge in [0.2, 0.25) is 0 Å². The van der Waals surface area contributed by atoms with E-state index in [9.17, 15) is 13.7 Å². The summed E-state index contributed by atoms with van der Waals surface area (Å²) in [5.41, 5.74) is -0.590. The van der Waals surface area contributed by atoms with Crippen LogP contribution in [0.1, 0.15) is 44.0 Å². The quantitative estimate of drug-likeness (QED) is 0.561. The lowest BCUT2D eigenvalue weighted by molar-refractivity contribution is -0.141. The van der Waals surface area contributed by atoms with Crippen molar-refractivity contribution < 1.29 is 18.5 Å². The highest BCUT2D eigenvalue weighted by Crippen LogP contribution is 2.38. The largest absolute Gasteiger partial charge is 0.598 e. The van der Waals surface area contributed by atoms with Crippen molar-refractivity contribution in [1.82, 2.24) is 14.7 Å². The van der Waals surface area contributed by atoms with E-state index in [4.69, 9.17) is 16.3 Å². The number of carbonyl (C=O) groups excluding carboxylic acids is 1. The van der Waals surface area contributed by atoms with Crippen molar-refractivity contribution in [3.8, 4) is 0 Å². The Morgan fingerprint density at radius 3 is 2.50 bits per heavy atom. The number of hydrogen-bond acceptors (Lipinski definition) is 6. The average molecular weight is 428 g/mol. The molecule has 2 rings (SSSR count). The Labute approximate surface area is 172 Å². The molecule has 0 fully saturated rings. The van der Waals surface area contributed by atoms with Crippen molar-refractivity contribution in [2.45, 2.75) is 44.4 Å². The number of methoxy groups -OCH3 is 1. The molecule has 0 unspecified atom stereocenters. The monoisotopic (exact) mass is 427 g/mol. The van der Waals surface area contributed by atoms with E-state index in [1.807, 2.05) is 0 Å². The van der Waals surface area contributed by atoms with E-state index in [0.717, 1.165) is 0 Å². The van der Waals surface area contributed by atoms with Crippen molar-refractivity contribution in [1.29, 1.82) is 0 Å². The minimum absolute atomic E-state index is 0.00537. The Bertz CT molecular complexity index is 863. The number of aromatic nitrogens is 2. The second-order valence-corrected chi connectivity index (χ2v) is 9.63. The van der Waals surface area contributed by atoms with Crippen molar-refractivity contribution in [3.05, 3.63) is 58.4 Å². The van der Waals surface area contributed by atoms with Gasteiger partial charge in [0.15, 0.2) is 5.15 Å². The molecule has 1 aromatic heterocycles. The third-order valence-corrected chi connectivity index (χ3v) is 6.11. The molecule has 0 amide bonds. The van der Waals surface area contributed by atoms with Crippen molar-refractivity contribution in [2.24, 2.45) is 0 Å². The van der Waals surface area contributed by atoms with E-state index in [0.29, 0.717) is 11.1 Å². The number of aryl methyl sites for hydroxylation is 1. The van der Waals surface area contributed by atoms with Crippen molar-refractivity contribution >= 4 is 28.9 Å². The summed E-state index contributed by atoms with van der Waals surface area (Å²) in [5.74, 6) is -1.09. The SMILES string of the molecule is COC(=O)C[C@](N[S@+]([O-])C(C)(C)C)(c1ccc(C)c(F)c1)c1nccnc1Cl. The molecule has 1 heterocycles. The van der Waals surface area contributed by atoms with Gasteiger partial charge < -0.3 is 9.29 Å². The zero-order valence-electron chi connectivity index (χ0n) is 16.4. The number of halogens is 2. The Hall–Kier alpha value is -1.74. The fourth-order valence-corrected chi connectivity index (χ4v) is 3.71. The van der Waals surface area contributed by atoms with Crippen LogP contribution in [0.2, 0.25) is 5.15 Å². The molecule has 0 aliphatic heterocycles. The minimum atomic E-state index is -1.65. The number of esters is 1. The molecule has 1 N–H and O–H groups in total. The zero-order valence-corrected chi connectivity index (χ0v) is 17.9. The highest BCUT2D eigenvalue weighted by atomic mass is 35.5. The molecule has 2 aromatic rings. The highest BCUT2D eigenvalue weighted by Gasteiger charge is 2.47. The fourth-order valence-electron chi connectivity index (χ4n) is 2.53. The Morgan fingerprint density at radius 1 is 1.32 bits per heavy atom. The van der Waals surface area contributed by atoms with E-state index in [2.05, 4.69) is 14.7 Å². The molecule has 0 spiro atoms. The predicted octanol–water partition coefficient (Wildman–Crippen LogP) is 3.44. The molecule has 6 nitrogen and oxygen atoms in total. The van der Waals surface area contributed by atoms with Crippen LogP contribution in [-0.4, -0.2) is 32.3 Å². The number of ether oxygens (including phenoxy) is 1. The van der Waals surface area contributed by atoms with Gasteiger partial charge in [-0.1, -0.05) is 23.7 Å². The van der Waals surface area contributed by atoms with Crippen molar-refractivity contribution in [3.63, 3.8) is 0 Å². The lowest BCUT2D eigenvalue weighted by Crippen LogP contribution is -2.53. The second kappa shape index (κ2) is 8.73. The number of nitrogens with one attached hydrogen (secondary N) is 1. The maximum Gasteiger partial charge on any atom is 0.308 e. The molecule has 152 valence electrons. The predicted molar refractivity (Wildman–Crippen MR) is 107 cm³/mol. The summed E-state index contributed by atoms with van der Waals surface area (Å²) in [5, 5.41) is 0.00537. The van der Waals surface area contributed by atoms with Gasteiger partial charge in [-0.25, -0.2) is 9.37 Å². The maximum absolute atomic E-state index is 14.4. The molecule has 0 saturated carbocycles. The summed E-state index contributed by atoms with van der Waals surface area (Å²) in [6, 6.07) is 4.48. The molecule has 2 atom stereocenters. The number of nitrogens with zero attached hydrogens (tertiary/aromatic N) is 2. The van der Waals surface area contributed by atoms with E-state index in [1.54, 1.807) is 39.8 Å². The van der Waals surface area contributed by atoms with Gasteiger partial charge in [-0.05, 0) is 44.9 Å². The van der Waals surface area contributed by atoms with Crippen LogP contribution in [0, 0.1) is 12.7 Å².